The molecule has 1 aromatic carbocycles. The van der Waals surface area contributed by atoms with Crippen LogP contribution in [0, 0.1) is 5.82 Å². The molecule has 0 aliphatic carbocycles. The Kier molecular flexibility index (Phi) is 5.22. The Labute approximate surface area is 95.2 Å². The number of methoxy groups -OCH3 is 1. The monoisotopic (exact) mass is 227 g/mol. The van der Waals surface area contributed by atoms with Gasteiger partial charge in [-0.05, 0) is 19.4 Å². The van der Waals surface area contributed by atoms with Crippen LogP contribution < -0.4 is 10.1 Å². The first-order valence-corrected chi connectivity index (χ1v) is 5.34. The average Bonchev–Trinajstić information content (AvgIpc) is 2.27. The lowest BCUT2D eigenvalue weighted by atomic mass is 10.1. The first-order valence-electron chi connectivity index (χ1n) is 5.34. The third-order valence-electron chi connectivity index (χ3n) is 2.46. The van der Waals surface area contributed by atoms with Crippen LogP contribution in [0.2, 0.25) is 0 Å². The summed E-state index contributed by atoms with van der Waals surface area (Å²) in [6.45, 7) is 2.55. The van der Waals surface area contributed by atoms with Gasteiger partial charge in [0.25, 0.3) is 0 Å². The van der Waals surface area contributed by atoms with Gasteiger partial charge < -0.3 is 15.2 Å². The van der Waals surface area contributed by atoms with Gasteiger partial charge in [-0.15, -0.1) is 0 Å². The van der Waals surface area contributed by atoms with E-state index < -0.39 is 0 Å². The van der Waals surface area contributed by atoms with Crippen LogP contribution in [0.1, 0.15) is 18.9 Å². The zero-order valence-corrected chi connectivity index (χ0v) is 9.66. The molecule has 0 bridgehead atoms. The van der Waals surface area contributed by atoms with Crippen LogP contribution in [0.15, 0.2) is 18.2 Å². The van der Waals surface area contributed by atoms with E-state index in [0.29, 0.717) is 24.3 Å². The van der Waals surface area contributed by atoms with E-state index in [1.165, 1.54) is 13.2 Å². The van der Waals surface area contributed by atoms with Crippen molar-refractivity contribution in [1.82, 2.24) is 5.32 Å². The van der Waals surface area contributed by atoms with Crippen molar-refractivity contribution in [3.63, 3.8) is 0 Å². The van der Waals surface area contributed by atoms with Crippen LogP contribution in [-0.2, 0) is 6.54 Å². The molecule has 0 saturated heterocycles. The molecule has 1 aromatic rings. The van der Waals surface area contributed by atoms with Gasteiger partial charge in [0, 0.05) is 30.8 Å². The Morgan fingerprint density at radius 3 is 2.81 bits per heavy atom. The van der Waals surface area contributed by atoms with Gasteiger partial charge in [0.05, 0.1) is 7.11 Å². The lowest BCUT2D eigenvalue weighted by Crippen LogP contribution is -2.26. The molecular weight excluding hydrogens is 209 g/mol. The summed E-state index contributed by atoms with van der Waals surface area (Å²) in [4.78, 5) is 0. The lowest BCUT2D eigenvalue weighted by Gasteiger charge is -2.13. The molecule has 0 spiro atoms. The summed E-state index contributed by atoms with van der Waals surface area (Å²) < 4.78 is 18.4. The van der Waals surface area contributed by atoms with Gasteiger partial charge in [0.15, 0.2) is 0 Å². The van der Waals surface area contributed by atoms with Crippen molar-refractivity contribution < 1.29 is 14.2 Å². The molecule has 0 heterocycles. The Morgan fingerprint density at radius 2 is 2.25 bits per heavy atom. The molecule has 1 rings (SSSR count). The molecule has 0 saturated carbocycles. The smallest absolute Gasteiger partial charge is 0.131 e. The molecule has 1 unspecified atom stereocenters. The van der Waals surface area contributed by atoms with Gasteiger partial charge >= 0.3 is 0 Å². The summed E-state index contributed by atoms with van der Waals surface area (Å²) >= 11 is 0. The summed E-state index contributed by atoms with van der Waals surface area (Å²) in [5.74, 6) is 0.243. The van der Waals surface area contributed by atoms with E-state index in [4.69, 9.17) is 9.84 Å². The van der Waals surface area contributed by atoms with Crippen molar-refractivity contribution in [2.75, 3.05) is 13.7 Å². The molecule has 0 fully saturated rings. The van der Waals surface area contributed by atoms with Crippen molar-refractivity contribution in [2.45, 2.75) is 25.9 Å². The molecule has 0 radical (unpaired) electrons. The molecule has 16 heavy (non-hydrogen) atoms. The quantitative estimate of drug-likeness (QED) is 0.777. The third kappa shape index (κ3) is 3.79. The van der Waals surface area contributed by atoms with Crippen LogP contribution in [0.3, 0.4) is 0 Å². The highest BCUT2D eigenvalue weighted by molar-refractivity contribution is 5.28. The van der Waals surface area contributed by atoms with Gasteiger partial charge in [0.1, 0.15) is 11.6 Å². The number of aliphatic hydroxyl groups is 1. The summed E-state index contributed by atoms with van der Waals surface area (Å²) in [5.41, 5.74) is 0.602. The highest BCUT2D eigenvalue weighted by Gasteiger charge is 2.05. The molecule has 0 aromatic heterocycles. The molecule has 2 N–H and O–H groups in total. The highest BCUT2D eigenvalue weighted by Crippen LogP contribution is 2.16. The van der Waals surface area contributed by atoms with Gasteiger partial charge in [-0.3, -0.25) is 0 Å². The number of hydrogen-bond acceptors (Lipinski definition) is 3. The summed E-state index contributed by atoms with van der Waals surface area (Å²) in [5, 5.41) is 11.9. The first-order chi connectivity index (χ1) is 7.67. The molecule has 90 valence electrons. The van der Waals surface area contributed by atoms with Crippen LogP contribution in [0.4, 0.5) is 4.39 Å². The SMILES string of the molecule is COc1ccc(CNC(C)CCO)c(F)c1. The number of aliphatic hydroxyl groups excluding tert-OH is 1. The Hall–Kier alpha value is -1.13. The van der Waals surface area contributed by atoms with E-state index in [1.807, 2.05) is 6.92 Å². The number of benzene rings is 1. The lowest BCUT2D eigenvalue weighted by molar-refractivity contribution is 0.268. The normalized spacial score (nSPS) is 12.5. The van der Waals surface area contributed by atoms with Gasteiger partial charge in [-0.1, -0.05) is 6.07 Å². The second-order valence-corrected chi connectivity index (χ2v) is 3.75. The average molecular weight is 227 g/mol. The van der Waals surface area contributed by atoms with Crippen LogP contribution in [0.5, 0.6) is 5.75 Å². The van der Waals surface area contributed by atoms with E-state index in [2.05, 4.69) is 5.32 Å². The molecule has 0 amide bonds. The van der Waals surface area contributed by atoms with Crippen molar-refractivity contribution in [2.24, 2.45) is 0 Å². The van der Waals surface area contributed by atoms with E-state index >= 15 is 0 Å². The summed E-state index contributed by atoms with van der Waals surface area (Å²) in [6, 6.07) is 4.98. The molecule has 3 nitrogen and oxygen atoms in total. The highest BCUT2D eigenvalue weighted by atomic mass is 19.1. The fraction of sp³-hybridized carbons (Fsp3) is 0.500. The van der Waals surface area contributed by atoms with Crippen LogP contribution >= 0.6 is 0 Å². The van der Waals surface area contributed by atoms with Crippen LogP contribution in [0.25, 0.3) is 0 Å². The Morgan fingerprint density at radius 1 is 1.50 bits per heavy atom. The number of halogens is 1. The standard InChI is InChI=1S/C12H18FNO2/c1-9(5-6-15)14-8-10-3-4-11(16-2)7-12(10)13/h3-4,7,9,14-15H,5-6,8H2,1-2H3. The third-order valence-corrected chi connectivity index (χ3v) is 2.46. The maximum absolute atomic E-state index is 13.5. The van der Waals surface area contributed by atoms with Crippen molar-refractivity contribution in [3.8, 4) is 5.75 Å². The van der Waals surface area contributed by atoms with Gasteiger partial charge in [0.2, 0.25) is 0 Å². The fourth-order valence-corrected chi connectivity index (χ4v) is 1.38. The van der Waals surface area contributed by atoms with Crippen LogP contribution in [-0.4, -0.2) is 24.9 Å². The topological polar surface area (TPSA) is 41.5 Å². The minimum absolute atomic E-state index is 0.138. The van der Waals surface area contributed by atoms with Crippen molar-refractivity contribution in [1.29, 1.82) is 0 Å². The maximum Gasteiger partial charge on any atom is 0.131 e. The minimum atomic E-state index is -0.275. The molecule has 0 aliphatic heterocycles. The first kappa shape index (κ1) is 12.9. The number of ether oxygens (including phenoxy) is 1. The zero-order valence-electron chi connectivity index (χ0n) is 9.66. The van der Waals surface area contributed by atoms with E-state index in [0.717, 1.165) is 0 Å². The van der Waals surface area contributed by atoms with Crippen molar-refractivity contribution >= 4 is 0 Å². The molecule has 1 atom stereocenters. The number of rotatable bonds is 6. The van der Waals surface area contributed by atoms with Gasteiger partial charge in [-0.2, -0.15) is 0 Å². The molecule has 4 heteroatoms. The van der Waals surface area contributed by atoms with Crippen molar-refractivity contribution in [3.05, 3.63) is 29.6 Å². The summed E-state index contributed by atoms with van der Waals surface area (Å²) in [6.07, 6.45) is 0.664. The fourth-order valence-electron chi connectivity index (χ4n) is 1.38. The second kappa shape index (κ2) is 6.45. The number of hydrogen-bond donors (Lipinski definition) is 2. The zero-order chi connectivity index (χ0) is 12.0. The maximum atomic E-state index is 13.5. The van der Waals surface area contributed by atoms with E-state index in [-0.39, 0.29) is 18.5 Å². The largest absolute Gasteiger partial charge is 0.497 e. The number of nitrogens with one attached hydrogen (secondary N) is 1. The van der Waals surface area contributed by atoms with E-state index in [1.54, 1.807) is 12.1 Å². The van der Waals surface area contributed by atoms with E-state index in [9.17, 15) is 4.39 Å². The predicted octanol–water partition coefficient (Wildman–Crippen LogP) is 1.69. The molecule has 0 aliphatic rings. The van der Waals surface area contributed by atoms with Gasteiger partial charge in [-0.25, -0.2) is 4.39 Å². The Balaban J connectivity index is 2.54. The molecular formula is C12H18FNO2. The second-order valence-electron chi connectivity index (χ2n) is 3.75. The minimum Gasteiger partial charge on any atom is -0.497 e. The summed E-state index contributed by atoms with van der Waals surface area (Å²) in [7, 11) is 1.51. The Bertz CT molecular complexity index is 331. The predicted molar refractivity (Wildman–Crippen MR) is 61.0 cm³/mol.